The van der Waals surface area contributed by atoms with E-state index in [0.717, 1.165) is 16.4 Å². The number of hydrogen-bond acceptors (Lipinski definition) is 2. The van der Waals surface area contributed by atoms with Crippen LogP contribution in [0.1, 0.15) is 12.8 Å². The van der Waals surface area contributed by atoms with Crippen LogP contribution in [0.15, 0.2) is 24.3 Å². The first kappa shape index (κ1) is 9.46. The highest BCUT2D eigenvalue weighted by molar-refractivity contribution is 7.80. The number of thiocarbonyl (C=S) groups is 1. The molecule has 1 aromatic carbocycles. The van der Waals surface area contributed by atoms with Crippen LogP contribution in [-0.4, -0.2) is 12.1 Å². The highest BCUT2D eigenvalue weighted by Gasteiger charge is 2.26. The average Bonchev–Trinajstić information content (AvgIpc) is 3.02. The number of rotatable bonds is 3. The number of ether oxygens (including phenoxy) is 1. The van der Waals surface area contributed by atoms with Crippen molar-refractivity contribution in [1.82, 2.24) is 0 Å². The zero-order chi connectivity index (χ0) is 9.97. The monoisotopic (exact) mass is 207 g/mol. The van der Waals surface area contributed by atoms with Crippen LogP contribution in [0, 0.1) is 5.92 Å². The molecule has 2 nitrogen and oxygen atoms in total. The van der Waals surface area contributed by atoms with Gasteiger partial charge in [-0.15, -0.1) is 0 Å². The Morgan fingerprint density at radius 1 is 1.36 bits per heavy atom. The lowest BCUT2D eigenvalue weighted by atomic mass is 10.3. The normalized spacial score (nSPS) is 14.9. The molecule has 0 spiro atoms. The van der Waals surface area contributed by atoms with Crippen molar-refractivity contribution < 1.29 is 4.74 Å². The van der Waals surface area contributed by atoms with Gasteiger partial charge in [-0.05, 0) is 37.1 Å². The van der Waals surface area contributed by atoms with Gasteiger partial charge in [0.25, 0.3) is 0 Å². The molecule has 0 atom stereocenters. The lowest BCUT2D eigenvalue weighted by Gasteiger charge is -2.07. The van der Waals surface area contributed by atoms with Crippen molar-refractivity contribution in [3.63, 3.8) is 0 Å². The molecule has 0 saturated heterocycles. The van der Waals surface area contributed by atoms with Gasteiger partial charge in [0.2, 0.25) is 0 Å². The highest BCUT2D eigenvalue weighted by atomic mass is 32.1. The molecule has 1 aliphatic rings. The predicted octanol–water partition coefficient (Wildman–Crippen LogP) is 2.84. The van der Waals surface area contributed by atoms with Gasteiger partial charge in [0.05, 0.1) is 12.1 Å². The number of anilines is 1. The second-order valence-corrected chi connectivity index (χ2v) is 3.93. The zero-order valence-electron chi connectivity index (χ0n) is 8.12. The minimum atomic E-state index is 0.618. The largest absolute Gasteiger partial charge is 0.497 e. The van der Waals surface area contributed by atoms with Crippen molar-refractivity contribution in [1.29, 1.82) is 0 Å². The number of nitrogens with one attached hydrogen (secondary N) is 1. The Morgan fingerprint density at radius 3 is 2.50 bits per heavy atom. The lowest BCUT2D eigenvalue weighted by Crippen LogP contribution is -2.10. The second kappa shape index (κ2) is 3.96. The Balaban J connectivity index is 1.98. The van der Waals surface area contributed by atoms with Crippen LogP contribution >= 0.6 is 12.2 Å². The van der Waals surface area contributed by atoms with E-state index in [2.05, 4.69) is 5.32 Å². The molecule has 2 rings (SSSR count). The van der Waals surface area contributed by atoms with Gasteiger partial charge in [-0.3, -0.25) is 0 Å². The SMILES string of the molecule is COc1ccc(NC(=S)C2CC2)cc1. The summed E-state index contributed by atoms with van der Waals surface area (Å²) in [5.74, 6) is 1.49. The zero-order valence-corrected chi connectivity index (χ0v) is 8.93. The summed E-state index contributed by atoms with van der Waals surface area (Å²) in [5, 5.41) is 3.23. The molecule has 0 unspecified atom stereocenters. The maximum absolute atomic E-state index is 5.24. The third kappa shape index (κ3) is 2.23. The molecule has 0 bridgehead atoms. The van der Waals surface area contributed by atoms with Gasteiger partial charge >= 0.3 is 0 Å². The maximum Gasteiger partial charge on any atom is 0.119 e. The summed E-state index contributed by atoms with van der Waals surface area (Å²) in [4.78, 5) is 0.968. The van der Waals surface area contributed by atoms with Crippen LogP contribution in [0.5, 0.6) is 5.75 Å². The second-order valence-electron chi connectivity index (χ2n) is 3.49. The highest BCUT2D eigenvalue weighted by Crippen LogP contribution is 2.31. The van der Waals surface area contributed by atoms with E-state index in [1.165, 1.54) is 12.8 Å². The van der Waals surface area contributed by atoms with Crippen molar-refractivity contribution in [2.75, 3.05) is 12.4 Å². The fourth-order valence-corrected chi connectivity index (χ4v) is 1.62. The number of methoxy groups -OCH3 is 1. The van der Waals surface area contributed by atoms with E-state index >= 15 is 0 Å². The van der Waals surface area contributed by atoms with Gasteiger partial charge in [-0.1, -0.05) is 12.2 Å². The molecule has 3 heteroatoms. The first-order valence-electron chi connectivity index (χ1n) is 4.74. The Morgan fingerprint density at radius 2 is 2.00 bits per heavy atom. The fraction of sp³-hybridized carbons (Fsp3) is 0.364. The van der Waals surface area contributed by atoms with Crippen molar-refractivity contribution in [2.24, 2.45) is 5.92 Å². The van der Waals surface area contributed by atoms with Crippen molar-refractivity contribution in [3.8, 4) is 5.75 Å². The van der Waals surface area contributed by atoms with Crippen LogP contribution in [0.4, 0.5) is 5.69 Å². The summed E-state index contributed by atoms with van der Waals surface area (Å²) >= 11 is 5.24. The maximum atomic E-state index is 5.24. The standard InChI is InChI=1S/C11H13NOS/c1-13-10-6-4-9(5-7-10)12-11(14)8-2-3-8/h4-8H,2-3H2,1H3,(H,12,14). The van der Waals surface area contributed by atoms with Gasteiger partial charge in [0.15, 0.2) is 0 Å². The quantitative estimate of drug-likeness (QED) is 0.770. The summed E-state index contributed by atoms with van der Waals surface area (Å²) in [6.07, 6.45) is 2.48. The van der Waals surface area contributed by atoms with E-state index in [9.17, 15) is 0 Å². The predicted molar refractivity (Wildman–Crippen MR) is 61.9 cm³/mol. The van der Waals surface area contributed by atoms with Gasteiger partial charge in [0, 0.05) is 11.6 Å². The topological polar surface area (TPSA) is 21.3 Å². The van der Waals surface area contributed by atoms with E-state index < -0.39 is 0 Å². The van der Waals surface area contributed by atoms with Gasteiger partial charge < -0.3 is 10.1 Å². The smallest absolute Gasteiger partial charge is 0.119 e. The molecule has 0 aliphatic heterocycles. The molecule has 74 valence electrons. The molecule has 1 saturated carbocycles. The van der Waals surface area contributed by atoms with Gasteiger partial charge in [-0.2, -0.15) is 0 Å². The van der Waals surface area contributed by atoms with Crippen LogP contribution in [-0.2, 0) is 0 Å². The molecule has 0 radical (unpaired) electrons. The molecule has 1 aromatic rings. The molecule has 1 fully saturated rings. The van der Waals surface area contributed by atoms with E-state index in [4.69, 9.17) is 17.0 Å². The van der Waals surface area contributed by atoms with Crippen molar-refractivity contribution >= 4 is 22.9 Å². The van der Waals surface area contributed by atoms with Crippen LogP contribution < -0.4 is 10.1 Å². The Hall–Kier alpha value is -1.09. The Labute approximate surface area is 89.3 Å². The summed E-state index contributed by atoms with van der Waals surface area (Å²) in [7, 11) is 1.66. The number of hydrogen-bond donors (Lipinski definition) is 1. The molecular weight excluding hydrogens is 194 g/mol. The number of benzene rings is 1. The minimum Gasteiger partial charge on any atom is -0.497 e. The first-order chi connectivity index (χ1) is 6.79. The Kier molecular flexibility index (Phi) is 2.68. The van der Waals surface area contributed by atoms with Crippen LogP contribution in [0.3, 0.4) is 0 Å². The third-order valence-corrected chi connectivity index (χ3v) is 2.74. The Bertz CT molecular complexity index is 330. The molecule has 1 N–H and O–H groups in total. The van der Waals surface area contributed by atoms with Gasteiger partial charge in [-0.25, -0.2) is 0 Å². The van der Waals surface area contributed by atoms with Crippen LogP contribution in [0.2, 0.25) is 0 Å². The molecule has 1 aliphatic carbocycles. The van der Waals surface area contributed by atoms with E-state index in [1.54, 1.807) is 7.11 Å². The molecule has 14 heavy (non-hydrogen) atoms. The third-order valence-electron chi connectivity index (χ3n) is 2.31. The summed E-state index contributed by atoms with van der Waals surface area (Å²) in [6.45, 7) is 0. The van der Waals surface area contributed by atoms with Crippen LogP contribution in [0.25, 0.3) is 0 Å². The molecule has 0 amide bonds. The van der Waals surface area contributed by atoms with Crippen molar-refractivity contribution in [2.45, 2.75) is 12.8 Å². The van der Waals surface area contributed by atoms with Crippen molar-refractivity contribution in [3.05, 3.63) is 24.3 Å². The van der Waals surface area contributed by atoms with E-state index in [-0.39, 0.29) is 0 Å². The average molecular weight is 207 g/mol. The summed E-state index contributed by atoms with van der Waals surface area (Å²) in [6, 6.07) is 7.82. The van der Waals surface area contributed by atoms with Gasteiger partial charge in [0.1, 0.15) is 5.75 Å². The molecule has 0 heterocycles. The van der Waals surface area contributed by atoms with E-state index in [0.29, 0.717) is 5.92 Å². The summed E-state index contributed by atoms with van der Waals surface area (Å²) in [5.41, 5.74) is 1.04. The van der Waals surface area contributed by atoms with E-state index in [1.807, 2.05) is 24.3 Å². The molecular formula is C11H13NOS. The molecule has 0 aromatic heterocycles. The fourth-order valence-electron chi connectivity index (χ4n) is 1.26. The lowest BCUT2D eigenvalue weighted by molar-refractivity contribution is 0.415. The first-order valence-corrected chi connectivity index (χ1v) is 5.15. The summed E-state index contributed by atoms with van der Waals surface area (Å²) < 4.78 is 5.07. The minimum absolute atomic E-state index is 0.618.